The van der Waals surface area contributed by atoms with Crippen molar-refractivity contribution in [2.45, 2.75) is 53.1 Å². The van der Waals surface area contributed by atoms with Crippen LogP contribution in [0.5, 0.6) is 0 Å². The summed E-state index contributed by atoms with van der Waals surface area (Å²) in [5.41, 5.74) is 2.63. The Hall–Kier alpha value is -0.800. The van der Waals surface area contributed by atoms with Gasteiger partial charge in [0.2, 0.25) is 0 Å². The van der Waals surface area contributed by atoms with E-state index >= 15 is 0 Å². The van der Waals surface area contributed by atoms with Crippen LogP contribution in [-0.2, 0) is 6.54 Å². The molecule has 0 saturated heterocycles. The van der Waals surface area contributed by atoms with E-state index in [1.54, 1.807) is 0 Å². The molecule has 0 spiro atoms. The van der Waals surface area contributed by atoms with Gasteiger partial charge in [-0.05, 0) is 54.6 Å². The lowest BCUT2D eigenvalue weighted by Gasteiger charge is -2.16. The van der Waals surface area contributed by atoms with E-state index < -0.39 is 0 Å². The van der Waals surface area contributed by atoms with Crippen molar-refractivity contribution in [3.05, 3.63) is 34.4 Å². The lowest BCUT2D eigenvalue weighted by Crippen LogP contribution is -2.29. The SMILES string of the molecule is Cc1c(Br)c2ccccc2n1CCNC(C)CCC(C)C. The molecule has 1 N–H and O–H groups in total. The topological polar surface area (TPSA) is 17.0 Å². The number of nitrogens with zero attached hydrogens (tertiary/aromatic N) is 1. The van der Waals surface area contributed by atoms with Gasteiger partial charge < -0.3 is 9.88 Å². The molecule has 2 aromatic rings. The summed E-state index contributed by atoms with van der Waals surface area (Å²) in [5.74, 6) is 0.792. The minimum Gasteiger partial charge on any atom is -0.342 e. The average molecular weight is 351 g/mol. The second kappa shape index (κ2) is 7.46. The van der Waals surface area contributed by atoms with Crippen molar-refractivity contribution in [1.29, 1.82) is 0 Å². The lowest BCUT2D eigenvalue weighted by molar-refractivity contribution is 0.442. The lowest BCUT2D eigenvalue weighted by atomic mass is 10.0. The first-order valence-electron chi connectivity index (χ1n) is 7.97. The van der Waals surface area contributed by atoms with Crippen molar-refractivity contribution in [3.63, 3.8) is 0 Å². The highest BCUT2D eigenvalue weighted by Crippen LogP contribution is 2.30. The fourth-order valence-corrected chi connectivity index (χ4v) is 3.33. The van der Waals surface area contributed by atoms with Gasteiger partial charge in [-0.2, -0.15) is 0 Å². The quantitative estimate of drug-likeness (QED) is 0.732. The molecule has 1 atom stereocenters. The van der Waals surface area contributed by atoms with Crippen LogP contribution in [0.15, 0.2) is 28.7 Å². The summed E-state index contributed by atoms with van der Waals surface area (Å²) in [6.45, 7) is 11.1. The van der Waals surface area contributed by atoms with Crippen LogP contribution < -0.4 is 5.32 Å². The molecule has 2 rings (SSSR count). The molecular formula is C18H27BrN2. The number of benzene rings is 1. The van der Waals surface area contributed by atoms with Gasteiger partial charge in [-0.1, -0.05) is 32.0 Å². The molecule has 0 fully saturated rings. The van der Waals surface area contributed by atoms with E-state index in [2.05, 4.69) is 77.8 Å². The summed E-state index contributed by atoms with van der Waals surface area (Å²) < 4.78 is 3.63. The molecule has 0 aliphatic rings. The molecule has 0 amide bonds. The van der Waals surface area contributed by atoms with Crippen molar-refractivity contribution in [2.24, 2.45) is 5.92 Å². The van der Waals surface area contributed by atoms with Crippen molar-refractivity contribution < 1.29 is 0 Å². The maximum Gasteiger partial charge on any atom is 0.0494 e. The summed E-state index contributed by atoms with van der Waals surface area (Å²) in [5, 5.41) is 4.96. The number of hydrogen-bond donors (Lipinski definition) is 1. The predicted molar refractivity (Wildman–Crippen MR) is 95.9 cm³/mol. The number of hydrogen-bond acceptors (Lipinski definition) is 1. The van der Waals surface area contributed by atoms with Gasteiger partial charge in [0, 0.05) is 40.2 Å². The number of fused-ring (bicyclic) bond motifs is 1. The molecule has 116 valence electrons. The molecule has 0 radical (unpaired) electrons. The van der Waals surface area contributed by atoms with Crippen molar-refractivity contribution in [1.82, 2.24) is 9.88 Å². The first-order valence-corrected chi connectivity index (χ1v) is 8.76. The third-order valence-corrected chi connectivity index (χ3v) is 5.16. The van der Waals surface area contributed by atoms with E-state index in [0.717, 1.165) is 19.0 Å². The summed E-state index contributed by atoms with van der Waals surface area (Å²) in [6, 6.07) is 9.20. The van der Waals surface area contributed by atoms with Gasteiger partial charge in [0.05, 0.1) is 0 Å². The van der Waals surface area contributed by atoms with Gasteiger partial charge in [-0.25, -0.2) is 0 Å². The van der Waals surface area contributed by atoms with Crippen LogP contribution in [0.4, 0.5) is 0 Å². The van der Waals surface area contributed by atoms with Crippen LogP contribution in [0, 0.1) is 12.8 Å². The van der Waals surface area contributed by atoms with E-state index in [0.29, 0.717) is 6.04 Å². The van der Waals surface area contributed by atoms with Gasteiger partial charge in [0.25, 0.3) is 0 Å². The van der Waals surface area contributed by atoms with Crippen LogP contribution in [-0.4, -0.2) is 17.2 Å². The smallest absolute Gasteiger partial charge is 0.0494 e. The van der Waals surface area contributed by atoms with E-state index in [-0.39, 0.29) is 0 Å². The predicted octanol–water partition coefficient (Wildman–Crippen LogP) is 5.13. The zero-order valence-corrected chi connectivity index (χ0v) is 15.2. The molecule has 21 heavy (non-hydrogen) atoms. The van der Waals surface area contributed by atoms with E-state index in [9.17, 15) is 0 Å². The number of para-hydroxylation sites is 1. The zero-order chi connectivity index (χ0) is 15.4. The highest BCUT2D eigenvalue weighted by atomic mass is 79.9. The fourth-order valence-electron chi connectivity index (χ4n) is 2.78. The van der Waals surface area contributed by atoms with E-state index in [4.69, 9.17) is 0 Å². The van der Waals surface area contributed by atoms with Crippen molar-refractivity contribution >= 4 is 26.8 Å². The Morgan fingerprint density at radius 2 is 1.86 bits per heavy atom. The molecule has 1 aromatic carbocycles. The Bertz CT molecular complexity index is 586. The first kappa shape index (κ1) is 16.6. The van der Waals surface area contributed by atoms with Gasteiger partial charge >= 0.3 is 0 Å². The Morgan fingerprint density at radius 1 is 1.14 bits per heavy atom. The van der Waals surface area contributed by atoms with Crippen LogP contribution in [0.2, 0.25) is 0 Å². The van der Waals surface area contributed by atoms with Crippen LogP contribution in [0.3, 0.4) is 0 Å². The summed E-state index contributed by atoms with van der Waals surface area (Å²) >= 11 is 3.72. The molecular weight excluding hydrogens is 324 g/mol. The minimum atomic E-state index is 0.595. The van der Waals surface area contributed by atoms with E-state index in [1.807, 2.05) is 0 Å². The maximum atomic E-state index is 3.72. The first-order chi connectivity index (χ1) is 10.0. The normalized spacial score (nSPS) is 13.2. The molecule has 0 aliphatic heterocycles. The molecule has 1 unspecified atom stereocenters. The summed E-state index contributed by atoms with van der Waals surface area (Å²) in [6.07, 6.45) is 2.55. The zero-order valence-electron chi connectivity index (χ0n) is 13.6. The largest absolute Gasteiger partial charge is 0.342 e. The van der Waals surface area contributed by atoms with E-state index in [1.165, 1.54) is 33.9 Å². The summed E-state index contributed by atoms with van der Waals surface area (Å²) in [7, 11) is 0. The Labute approximate surface area is 137 Å². The average Bonchev–Trinajstić information content (AvgIpc) is 2.70. The third kappa shape index (κ3) is 4.10. The number of halogens is 1. The van der Waals surface area contributed by atoms with Gasteiger partial charge in [0.15, 0.2) is 0 Å². The molecule has 1 heterocycles. The second-order valence-corrected chi connectivity index (χ2v) is 7.19. The monoisotopic (exact) mass is 350 g/mol. The van der Waals surface area contributed by atoms with Crippen LogP contribution in [0.1, 0.15) is 39.3 Å². The molecule has 0 bridgehead atoms. The molecule has 2 nitrogen and oxygen atoms in total. The Balaban J connectivity index is 1.96. The minimum absolute atomic E-state index is 0.595. The fraction of sp³-hybridized carbons (Fsp3) is 0.556. The molecule has 0 aliphatic carbocycles. The standard InChI is InChI=1S/C18H27BrN2/c1-13(2)9-10-14(3)20-11-12-21-15(4)18(19)16-7-5-6-8-17(16)21/h5-8,13-14,20H,9-12H2,1-4H3. The molecule has 3 heteroatoms. The second-order valence-electron chi connectivity index (χ2n) is 6.39. The molecule has 1 aromatic heterocycles. The highest BCUT2D eigenvalue weighted by Gasteiger charge is 2.11. The number of rotatable bonds is 7. The van der Waals surface area contributed by atoms with Crippen LogP contribution >= 0.6 is 15.9 Å². The van der Waals surface area contributed by atoms with Crippen molar-refractivity contribution in [2.75, 3.05) is 6.54 Å². The van der Waals surface area contributed by atoms with Crippen molar-refractivity contribution in [3.8, 4) is 0 Å². The van der Waals surface area contributed by atoms with Gasteiger partial charge in [-0.15, -0.1) is 0 Å². The molecule has 0 saturated carbocycles. The maximum absolute atomic E-state index is 3.72. The van der Waals surface area contributed by atoms with Gasteiger partial charge in [-0.3, -0.25) is 0 Å². The number of aromatic nitrogens is 1. The highest BCUT2D eigenvalue weighted by molar-refractivity contribution is 9.10. The Morgan fingerprint density at radius 3 is 2.57 bits per heavy atom. The Kier molecular flexibility index (Phi) is 5.88. The van der Waals surface area contributed by atoms with Gasteiger partial charge in [0.1, 0.15) is 0 Å². The number of nitrogens with one attached hydrogen (secondary N) is 1. The summed E-state index contributed by atoms with van der Waals surface area (Å²) in [4.78, 5) is 0. The van der Waals surface area contributed by atoms with Crippen LogP contribution in [0.25, 0.3) is 10.9 Å². The third-order valence-electron chi connectivity index (χ3n) is 4.16.